The van der Waals surface area contributed by atoms with Crippen molar-refractivity contribution in [2.45, 2.75) is 26.5 Å². The fourth-order valence-corrected chi connectivity index (χ4v) is 2.47. The van der Waals surface area contributed by atoms with E-state index in [1.807, 2.05) is 31.2 Å². The number of benzene rings is 2. The zero-order valence-electron chi connectivity index (χ0n) is 15.4. The van der Waals surface area contributed by atoms with Crippen molar-refractivity contribution in [3.8, 4) is 22.9 Å². The minimum Gasteiger partial charge on any atom is -0.497 e. The van der Waals surface area contributed by atoms with Crippen molar-refractivity contribution in [2.75, 3.05) is 7.11 Å². The van der Waals surface area contributed by atoms with Crippen LogP contribution in [0.25, 0.3) is 11.4 Å². The monoisotopic (exact) mass is 367 g/mol. The maximum absolute atomic E-state index is 12.2. The largest absolute Gasteiger partial charge is 0.497 e. The van der Waals surface area contributed by atoms with Gasteiger partial charge in [0.15, 0.2) is 6.10 Å². The van der Waals surface area contributed by atoms with E-state index in [9.17, 15) is 4.79 Å². The number of aryl methyl sites for hydroxylation is 1. The van der Waals surface area contributed by atoms with Crippen LogP contribution >= 0.6 is 0 Å². The van der Waals surface area contributed by atoms with Gasteiger partial charge in [0.2, 0.25) is 11.7 Å². The lowest BCUT2D eigenvalue weighted by Crippen LogP contribution is -2.36. The average Bonchev–Trinajstić information content (AvgIpc) is 3.15. The van der Waals surface area contributed by atoms with Crippen molar-refractivity contribution in [3.63, 3.8) is 0 Å². The molecule has 27 heavy (non-hydrogen) atoms. The number of rotatable bonds is 7. The van der Waals surface area contributed by atoms with Gasteiger partial charge in [-0.1, -0.05) is 35.0 Å². The van der Waals surface area contributed by atoms with E-state index in [1.165, 1.54) is 0 Å². The SMILES string of the molecule is COc1cccc(O[C@@H](C)C(=O)NCc2nc(-c3cccc(C)c3)no2)c1. The number of nitrogens with one attached hydrogen (secondary N) is 1. The van der Waals surface area contributed by atoms with E-state index in [0.29, 0.717) is 23.2 Å². The Morgan fingerprint density at radius 2 is 1.96 bits per heavy atom. The van der Waals surface area contributed by atoms with Gasteiger partial charge in [-0.25, -0.2) is 0 Å². The molecule has 0 bridgehead atoms. The highest BCUT2D eigenvalue weighted by Gasteiger charge is 2.16. The van der Waals surface area contributed by atoms with E-state index in [-0.39, 0.29) is 12.5 Å². The lowest BCUT2D eigenvalue weighted by atomic mass is 10.1. The van der Waals surface area contributed by atoms with Gasteiger partial charge in [-0.2, -0.15) is 4.98 Å². The number of hydrogen-bond acceptors (Lipinski definition) is 6. The van der Waals surface area contributed by atoms with Crippen molar-refractivity contribution < 1.29 is 18.8 Å². The van der Waals surface area contributed by atoms with Crippen LogP contribution in [0.4, 0.5) is 0 Å². The predicted molar refractivity (Wildman–Crippen MR) is 99.4 cm³/mol. The summed E-state index contributed by atoms with van der Waals surface area (Å²) < 4.78 is 16.0. The third kappa shape index (κ3) is 4.84. The highest BCUT2D eigenvalue weighted by molar-refractivity contribution is 5.80. The summed E-state index contributed by atoms with van der Waals surface area (Å²) >= 11 is 0. The zero-order valence-corrected chi connectivity index (χ0v) is 15.4. The number of amides is 1. The van der Waals surface area contributed by atoms with Crippen LogP contribution in [0.15, 0.2) is 53.1 Å². The number of ether oxygens (including phenoxy) is 2. The molecule has 3 aromatic rings. The van der Waals surface area contributed by atoms with E-state index in [2.05, 4.69) is 15.5 Å². The lowest BCUT2D eigenvalue weighted by molar-refractivity contribution is -0.127. The molecule has 0 fully saturated rings. The molecule has 1 N–H and O–H groups in total. The first-order valence-electron chi connectivity index (χ1n) is 8.53. The summed E-state index contributed by atoms with van der Waals surface area (Å²) in [6.45, 7) is 3.79. The molecule has 0 unspecified atom stereocenters. The van der Waals surface area contributed by atoms with Crippen molar-refractivity contribution in [2.24, 2.45) is 0 Å². The summed E-state index contributed by atoms with van der Waals surface area (Å²) in [5, 5.41) is 6.69. The topological polar surface area (TPSA) is 86.5 Å². The van der Waals surface area contributed by atoms with Gasteiger partial charge in [-0.05, 0) is 32.0 Å². The van der Waals surface area contributed by atoms with Crippen LogP contribution in [0.3, 0.4) is 0 Å². The second-order valence-corrected chi connectivity index (χ2v) is 6.04. The minimum absolute atomic E-state index is 0.128. The van der Waals surface area contributed by atoms with Crippen LogP contribution in [0.1, 0.15) is 18.4 Å². The molecule has 1 heterocycles. The Morgan fingerprint density at radius 1 is 1.19 bits per heavy atom. The van der Waals surface area contributed by atoms with Crippen LogP contribution < -0.4 is 14.8 Å². The summed E-state index contributed by atoms with van der Waals surface area (Å²) in [4.78, 5) is 16.5. The van der Waals surface area contributed by atoms with Gasteiger partial charge in [0.05, 0.1) is 13.7 Å². The molecule has 2 aromatic carbocycles. The smallest absolute Gasteiger partial charge is 0.261 e. The van der Waals surface area contributed by atoms with Crippen LogP contribution in [0.2, 0.25) is 0 Å². The predicted octanol–water partition coefficient (Wildman–Crippen LogP) is 3.14. The van der Waals surface area contributed by atoms with Crippen molar-refractivity contribution in [3.05, 3.63) is 60.0 Å². The average molecular weight is 367 g/mol. The molecule has 7 heteroatoms. The van der Waals surface area contributed by atoms with E-state index < -0.39 is 6.10 Å². The fraction of sp³-hybridized carbons (Fsp3) is 0.250. The van der Waals surface area contributed by atoms with Gasteiger partial charge >= 0.3 is 0 Å². The molecule has 0 aliphatic heterocycles. The van der Waals surface area contributed by atoms with Gasteiger partial charge in [0.25, 0.3) is 5.91 Å². The molecule has 0 saturated carbocycles. The van der Waals surface area contributed by atoms with Gasteiger partial charge in [0, 0.05) is 11.6 Å². The fourth-order valence-electron chi connectivity index (χ4n) is 2.47. The van der Waals surface area contributed by atoms with Crippen LogP contribution in [-0.4, -0.2) is 29.3 Å². The van der Waals surface area contributed by atoms with Crippen LogP contribution in [0, 0.1) is 6.92 Å². The summed E-state index contributed by atoms with van der Waals surface area (Å²) in [6.07, 6.45) is -0.684. The zero-order chi connectivity index (χ0) is 19.2. The van der Waals surface area contributed by atoms with E-state index in [4.69, 9.17) is 14.0 Å². The van der Waals surface area contributed by atoms with Crippen molar-refractivity contribution in [1.29, 1.82) is 0 Å². The first-order chi connectivity index (χ1) is 13.0. The molecule has 1 atom stereocenters. The van der Waals surface area contributed by atoms with E-state index in [1.54, 1.807) is 38.3 Å². The van der Waals surface area contributed by atoms with Crippen molar-refractivity contribution >= 4 is 5.91 Å². The Bertz CT molecular complexity index is 923. The third-order valence-corrected chi connectivity index (χ3v) is 3.88. The molecular weight excluding hydrogens is 346 g/mol. The molecule has 1 aromatic heterocycles. The first kappa shape index (κ1) is 18.4. The molecule has 0 aliphatic carbocycles. The lowest BCUT2D eigenvalue weighted by Gasteiger charge is -2.14. The quantitative estimate of drug-likeness (QED) is 0.690. The summed E-state index contributed by atoms with van der Waals surface area (Å²) in [7, 11) is 1.57. The molecule has 0 radical (unpaired) electrons. The van der Waals surface area contributed by atoms with Crippen LogP contribution in [0.5, 0.6) is 11.5 Å². The molecule has 3 rings (SSSR count). The Balaban J connectivity index is 1.55. The molecule has 0 saturated heterocycles. The second kappa shape index (κ2) is 8.35. The minimum atomic E-state index is -0.684. The Hall–Kier alpha value is -3.35. The number of methoxy groups -OCH3 is 1. The second-order valence-electron chi connectivity index (χ2n) is 6.04. The molecule has 7 nitrogen and oxygen atoms in total. The number of carbonyl (C=O) groups is 1. The number of hydrogen-bond donors (Lipinski definition) is 1. The summed E-state index contributed by atoms with van der Waals surface area (Å²) in [6, 6.07) is 14.9. The Kier molecular flexibility index (Phi) is 5.71. The Morgan fingerprint density at radius 3 is 2.74 bits per heavy atom. The van der Waals surface area contributed by atoms with E-state index in [0.717, 1.165) is 11.1 Å². The number of carbonyl (C=O) groups excluding carboxylic acids is 1. The highest BCUT2D eigenvalue weighted by atomic mass is 16.5. The third-order valence-electron chi connectivity index (χ3n) is 3.88. The van der Waals surface area contributed by atoms with Crippen molar-refractivity contribution in [1.82, 2.24) is 15.5 Å². The maximum atomic E-state index is 12.2. The standard InChI is InChI=1S/C20H21N3O4/c1-13-6-4-7-15(10-13)19-22-18(27-23-19)12-21-20(24)14(2)26-17-9-5-8-16(11-17)25-3/h4-11,14H,12H2,1-3H3,(H,21,24)/t14-/m0/s1. The van der Waals surface area contributed by atoms with Gasteiger partial charge in [0.1, 0.15) is 11.5 Å². The maximum Gasteiger partial charge on any atom is 0.261 e. The normalized spacial score (nSPS) is 11.7. The van der Waals surface area contributed by atoms with Gasteiger partial charge < -0.3 is 19.3 Å². The van der Waals surface area contributed by atoms with Gasteiger partial charge in [-0.15, -0.1) is 0 Å². The van der Waals surface area contributed by atoms with Gasteiger partial charge in [-0.3, -0.25) is 4.79 Å². The molecular formula is C20H21N3O4. The summed E-state index contributed by atoms with van der Waals surface area (Å²) in [5.74, 6) is 1.75. The molecule has 140 valence electrons. The van der Waals surface area contributed by atoms with Crippen LogP contribution in [-0.2, 0) is 11.3 Å². The van der Waals surface area contributed by atoms with E-state index >= 15 is 0 Å². The number of aromatic nitrogens is 2. The summed E-state index contributed by atoms with van der Waals surface area (Å²) in [5.41, 5.74) is 1.97. The molecule has 0 spiro atoms. The highest BCUT2D eigenvalue weighted by Crippen LogP contribution is 2.20. The molecule has 1 amide bonds. The number of nitrogens with zero attached hydrogens (tertiary/aromatic N) is 2. The molecule has 0 aliphatic rings. The first-order valence-corrected chi connectivity index (χ1v) is 8.53. The Labute approximate surface area is 157 Å².